The molecule has 1 aromatic heterocycles. The van der Waals surface area contributed by atoms with E-state index in [9.17, 15) is 4.79 Å². The van der Waals surface area contributed by atoms with Gasteiger partial charge >= 0.3 is 0 Å². The van der Waals surface area contributed by atoms with Crippen molar-refractivity contribution in [3.05, 3.63) is 21.9 Å². The van der Waals surface area contributed by atoms with E-state index in [4.69, 9.17) is 5.73 Å². The van der Waals surface area contributed by atoms with Crippen molar-refractivity contribution < 1.29 is 4.79 Å². The molecule has 3 N–H and O–H groups in total. The molecular formula is C15H24N2OS. The lowest BCUT2D eigenvalue weighted by atomic mass is 9.85. The first-order valence-corrected chi connectivity index (χ1v) is 8.05. The third-order valence-electron chi connectivity index (χ3n) is 4.07. The number of nitrogens with two attached hydrogens (primary N) is 1. The Labute approximate surface area is 119 Å². The normalized spacial score (nSPS) is 25.2. The smallest absolute Gasteiger partial charge is 0.220 e. The van der Waals surface area contributed by atoms with Gasteiger partial charge < -0.3 is 11.1 Å². The van der Waals surface area contributed by atoms with Gasteiger partial charge in [0.2, 0.25) is 5.91 Å². The summed E-state index contributed by atoms with van der Waals surface area (Å²) in [6.07, 6.45) is 5.10. The van der Waals surface area contributed by atoms with E-state index in [0.29, 0.717) is 12.1 Å². The molecule has 1 unspecified atom stereocenters. The highest BCUT2D eigenvalue weighted by molar-refractivity contribution is 7.12. The van der Waals surface area contributed by atoms with Crippen molar-refractivity contribution in [1.82, 2.24) is 5.32 Å². The Morgan fingerprint density at radius 2 is 2.11 bits per heavy atom. The van der Waals surface area contributed by atoms with Crippen LogP contribution in [-0.4, -0.2) is 11.9 Å². The van der Waals surface area contributed by atoms with Gasteiger partial charge in [0.25, 0.3) is 0 Å². The molecular weight excluding hydrogens is 256 g/mol. The summed E-state index contributed by atoms with van der Waals surface area (Å²) in [5.74, 6) is -0.0286. The van der Waals surface area contributed by atoms with Crippen LogP contribution in [0.15, 0.2) is 12.1 Å². The molecule has 3 nitrogen and oxygen atoms in total. The van der Waals surface area contributed by atoms with Crippen LogP contribution in [0.25, 0.3) is 0 Å². The minimum absolute atomic E-state index is 0.0989. The van der Waals surface area contributed by atoms with Crippen LogP contribution in [0, 0.1) is 5.92 Å². The molecule has 1 aliphatic rings. The Bertz CT molecular complexity index is 422. The molecule has 1 fully saturated rings. The summed E-state index contributed by atoms with van der Waals surface area (Å²) in [5.41, 5.74) is 5.37. The number of amides is 1. The van der Waals surface area contributed by atoms with Crippen LogP contribution in [0.2, 0.25) is 0 Å². The predicted molar refractivity (Wildman–Crippen MR) is 80.2 cm³/mol. The number of hydrogen-bond acceptors (Lipinski definition) is 3. The van der Waals surface area contributed by atoms with E-state index in [1.165, 1.54) is 9.75 Å². The molecule has 1 aromatic rings. The topological polar surface area (TPSA) is 55.1 Å². The zero-order valence-electron chi connectivity index (χ0n) is 11.8. The van der Waals surface area contributed by atoms with Crippen molar-refractivity contribution >= 4 is 17.2 Å². The fourth-order valence-corrected chi connectivity index (χ4v) is 3.76. The summed E-state index contributed by atoms with van der Waals surface area (Å²) < 4.78 is 0. The molecule has 1 heterocycles. The van der Waals surface area contributed by atoms with Crippen LogP contribution in [0.3, 0.4) is 0 Å². The van der Waals surface area contributed by atoms with Gasteiger partial charge in [0.15, 0.2) is 0 Å². The van der Waals surface area contributed by atoms with Gasteiger partial charge in [-0.2, -0.15) is 0 Å². The molecule has 2 rings (SSSR count). The van der Waals surface area contributed by atoms with Crippen molar-refractivity contribution in [2.45, 2.75) is 58.0 Å². The lowest BCUT2D eigenvalue weighted by molar-refractivity contribution is -0.122. The number of primary amides is 1. The maximum absolute atomic E-state index is 11.1. The van der Waals surface area contributed by atoms with E-state index in [1.54, 1.807) is 0 Å². The SMILES string of the molecule is CCc1ccc(C(C)NC2CCC(C(N)=O)CC2)s1. The molecule has 0 radical (unpaired) electrons. The second-order valence-corrected chi connectivity index (χ2v) is 6.70. The van der Waals surface area contributed by atoms with Gasteiger partial charge in [-0.05, 0) is 51.2 Å². The average molecular weight is 280 g/mol. The van der Waals surface area contributed by atoms with Crippen LogP contribution in [-0.2, 0) is 11.2 Å². The summed E-state index contributed by atoms with van der Waals surface area (Å²) in [5, 5.41) is 3.69. The van der Waals surface area contributed by atoms with Crippen LogP contribution in [0.5, 0.6) is 0 Å². The van der Waals surface area contributed by atoms with Crippen molar-refractivity contribution in [3.63, 3.8) is 0 Å². The molecule has 0 bridgehead atoms. The summed E-state index contributed by atoms with van der Waals surface area (Å²) in [4.78, 5) is 14.0. The average Bonchev–Trinajstić information content (AvgIpc) is 2.88. The highest BCUT2D eigenvalue weighted by Crippen LogP contribution is 2.28. The highest BCUT2D eigenvalue weighted by Gasteiger charge is 2.25. The molecule has 19 heavy (non-hydrogen) atoms. The number of nitrogens with one attached hydrogen (secondary N) is 1. The number of rotatable bonds is 5. The van der Waals surface area contributed by atoms with Crippen LogP contribution in [0.4, 0.5) is 0 Å². The second kappa shape index (κ2) is 6.53. The van der Waals surface area contributed by atoms with Gasteiger partial charge in [0.1, 0.15) is 0 Å². The van der Waals surface area contributed by atoms with E-state index in [0.717, 1.165) is 32.1 Å². The predicted octanol–water partition coefficient (Wildman–Crippen LogP) is 3.01. The lowest BCUT2D eigenvalue weighted by Gasteiger charge is -2.29. The lowest BCUT2D eigenvalue weighted by Crippen LogP contribution is -2.37. The summed E-state index contributed by atoms with van der Waals surface area (Å²) in [7, 11) is 0. The Kier molecular flexibility index (Phi) is 4.99. The summed E-state index contributed by atoms with van der Waals surface area (Å²) in [6.45, 7) is 4.42. The van der Waals surface area contributed by atoms with E-state index in [-0.39, 0.29) is 11.8 Å². The monoisotopic (exact) mass is 280 g/mol. The van der Waals surface area contributed by atoms with Crippen molar-refractivity contribution in [2.24, 2.45) is 11.7 Å². The van der Waals surface area contributed by atoms with Crippen molar-refractivity contribution in [1.29, 1.82) is 0 Å². The first-order valence-electron chi connectivity index (χ1n) is 7.24. The van der Waals surface area contributed by atoms with E-state index >= 15 is 0 Å². The standard InChI is InChI=1S/C15H24N2OS/c1-3-13-8-9-14(19-13)10(2)17-12-6-4-11(5-7-12)15(16)18/h8-12,17H,3-7H2,1-2H3,(H2,16,18). The van der Waals surface area contributed by atoms with Crippen molar-refractivity contribution in [3.8, 4) is 0 Å². The third kappa shape index (κ3) is 3.80. The van der Waals surface area contributed by atoms with Crippen molar-refractivity contribution in [2.75, 3.05) is 0 Å². The maximum atomic E-state index is 11.1. The molecule has 0 aliphatic heterocycles. The fraction of sp³-hybridized carbons (Fsp3) is 0.667. The number of thiophene rings is 1. The second-order valence-electron chi connectivity index (χ2n) is 5.50. The number of carbonyl (C=O) groups is 1. The fourth-order valence-electron chi connectivity index (χ4n) is 2.80. The minimum Gasteiger partial charge on any atom is -0.369 e. The molecule has 4 heteroatoms. The van der Waals surface area contributed by atoms with Gasteiger partial charge in [0.05, 0.1) is 0 Å². The summed E-state index contributed by atoms with van der Waals surface area (Å²) >= 11 is 1.90. The van der Waals surface area contributed by atoms with Gasteiger partial charge in [-0.25, -0.2) is 0 Å². The third-order valence-corrected chi connectivity index (χ3v) is 5.49. The Morgan fingerprint density at radius 1 is 1.42 bits per heavy atom. The highest BCUT2D eigenvalue weighted by atomic mass is 32.1. The molecule has 1 amide bonds. The van der Waals surface area contributed by atoms with Crippen LogP contribution >= 0.6 is 11.3 Å². The Morgan fingerprint density at radius 3 is 2.63 bits per heavy atom. The molecule has 0 saturated heterocycles. The van der Waals surface area contributed by atoms with Gasteiger partial charge in [-0.15, -0.1) is 11.3 Å². The van der Waals surface area contributed by atoms with E-state index in [2.05, 4.69) is 31.3 Å². The Balaban J connectivity index is 1.83. The Hall–Kier alpha value is -0.870. The van der Waals surface area contributed by atoms with Gasteiger partial charge in [0, 0.05) is 27.8 Å². The first-order chi connectivity index (χ1) is 9.10. The first kappa shape index (κ1) is 14.5. The minimum atomic E-state index is -0.127. The molecule has 106 valence electrons. The van der Waals surface area contributed by atoms with E-state index in [1.807, 2.05) is 11.3 Å². The zero-order chi connectivity index (χ0) is 13.8. The molecule has 1 saturated carbocycles. The number of aryl methyl sites for hydroxylation is 1. The largest absolute Gasteiger partial charge is 0.369 e. The van der Waals surface area contributed by atoms with E-state index < -0.39 is 0 Å². The number of carbonyl (C=O) groups excluding carboxylic acids is 1. The molecule has 0 spiro atoms. The summed E-state index contributed by atoms with van der Waals surface area (Å²) in [6, 6.07) is 5.39. The molecule has 1 aliphatic carbocycles. The number of hydrogen-bond donors (Lipinski definition) is 2. The van der Waals surface area contributed by atoms with Gasteiger partial charge in [-0.1, -0.05) is 6.92 Å². The van der Waals surface area contributed by atoms with Crippen LogP contribution < -0.4 is 11.1 Å². The van der Waals surface area contributed by atoms with Gasteiger partial charge in [-0.3, -0.25) is 4.79 Å². The zero-order valence-corrected chi connectivity index (χ0v) is 12.6. The molecule has 1 atom stereocenters. The van der Waals surface area contributed by atoms with Crippen LogP contribution in [0.1, 0.15) is 55.3 Å². The quantitative estimate of drug-likeness (QED) is 0.871. The molecule has 0 aromatic carbocycles. The maximum Gasteiger partial charge on any atom is 0.220 e.